The van der Waals surface area contributed by atoms with Crippen molar-refractivity contribution in [3.8, 4) is 0 Å². The van der Waals surface area contributed by atoms with Crippen LogP contribution in [-0.4, -0.2) is 15.9 Å². The highest BCUT2D eigenvalue weighted by Gasteiger charge is 2.00. The van der Waals surface area contributed by atoms with Gasteiger partial charge in [-0.05, 0) is 17.7 Å². The van der Waals surface area contributed by atoms with Crippen LogP contribution < -0.4 is 5.73 Å². The fourth-order valence-electron chi connectivity index (χ4n) is 0.472. The van der Waals surface area contributed by atoms with Gasteiger partial charge in [-0.2, -0.15) is 0 Å². The van der Waals surface area contributed by atoms with Crippen LogP contribution in [0.1, 0.15) is 10.5 Å². The normalized spacial score (nSPS) is 8.45. The second-order valence-corrected chi connectivity index (χ2v) is 1.91. The molecule has 0 fully saturated rings. The molecule has 4 nitrogen and oxygen atoms in total. The molecule has 11 heavy (non-hydrogen) atoms. The van der Waals surface area contributed by atoms with Crippen LogP contribution in [0.5, 0.6) is 0 Å². The van der Waals surface area contributed by atoms with E-state index in [1.54, 1.807) is 0 Å². The topological polar surface area (TPSA) is 68.9 Å². The summed E-state index contributed by atoms with van der Waals surface area (Å²) in [5.41, 5.74) is 5.02. The molecule has 1 aromatic rings. The van der Waals surface area contributed by atoms with Gasteiger partial charge in [0.05, 0.1) is 0 Å². The number of halogens is 2. The van der Waals surface area contributed by atoms with Crippen molar-refractivity contribution in [1.29, 1.82) is 0 Å². The lowest BCUT2D eigenvalue weighted by Gasteiger charge is -1.91. The van der Waals surface area contributed by atoms with Crippen LogP contribution in [0.2, 0.25) is 5.28 Å². The molecule has 0 spiro atoms. The average Bonchev–Trinajstić information content (AvgIpc) is 1.88. The molecule has 0 aliphatic carbocycles. The van der Waals surface area contributed by atoms with E-state index in [4.69, 9.17) is 17.3 Å². The first-order chi connectivity index (χ1) is 4.70. The van der Waals surface area contributed by atoms with Gasteiger partial charge in [0.25, 0.3) is 5.91 Å². The van der Waals surface area contributed by atoms with Crippen LogP contribution >= 0.6 is 24.0 Å². The molecule has 0 aliphatic rings. The second-order valence-electron chi connectivity index (χ2n) is 1.58. The van der Waals surface area contributed by atoms with Crippen molar-refractivity contribution in [1.82, 2.24) is 9.97 Å². The Bertz CT molecular complexity index is 266. The SMILES string of the molecule is Cl.NC(=O)c1ccnc(Cl)n1. The van der Waals surface area contributed by atoms with Crippen LogP contribution in [0.25, 0.3) is 0 Å². The number of nitrogens with two attached hydrogens (primary N) is 1. The molecule has 0 atom stereocenters. The monoisotopic (exact) mass is 193 g/mol. The third kappa shape index (κ3) is 2.69. The van der Waals surface area contributed by atoms with Crippen LogP contribution in [0.4, 0.5) is 0 Å². The van der Waals surface area contributed by atoms with E-state index in [0.29, 0.717) is 0 Å². The smallest absolute Gasteiger partial charge is 0.267 e. The predicted octanol–water partition coefficient (Wildman–Crippen LogP) is 0.651. The summed E-state index contributed by atoms with van der Waals surface area (Å²) in [7, 11) is 0. The quantitative estimate of drug-likeness (QED) is 0.667. The van der Waals surface area contributed by atoms with Crippen molar-refractivity contribution in [3.05, 3.63) is 23.2 Å². The van der Waals surface area contributed by atoms with E-state index in [1.807, 2.05) is 0 Å². The Morgan fingerprint density at radius 3 is 2.64 bits per heavy atom. The molecule has 0 saturated heterocycles. The first kappa shape index (κ1) is 10.1. The summed E-state index contributed by atoms with van der Waals surface area (Å²) in [4.78, 5) is 17.5. The number of hydrogen-bond acceptors (Lipinski definition) is 3. The van der Waals surface area contributed by atoms with Crippen molar-refractivity contribution in [2.45, 2.75) is 0 Å². The van der Waals surface area contributed by atoms with E-state index in [2.05, 4.69) is 9.97 Å². The minimum absolute atomic E-state index is 0. The van der Waals surface area contributed by atoms with Crippen LogP contribution in [-0.2, 0) is 0 Å². The number of carbonyl (C=O) groups excluding carboxylic acids is 1. The molecule has 1 aromatic heterocycles. The third-order valence-electron chi connectivity index (χ3n) is 0.879. The number of aromatic nitrogens is 2. The minimum atomic E-state index is -0.607. The van der Waals surface area contributed by atoms with Crippen molar-refractivity contribution < 1.29 is 4.79 Å². The number of rotatable bonds is 1. The fraction of sp³-hybridized carbons (Fsp3) is 0. The lowest BCUT2D eigenvalue weighted by atomic mass is 10.4. The number of amides is 1. The van der Waals surface area contributed by atoms with E-state index < -0.39 is 5.91 Å². The maximum atomic E-state index is 10.4. The molecular formula is C5H5Cl2N3O. The largest absolute Gasteiger partial charge is 0.364 e. The zero-order valence-electron chi connectivity index (χ0n) is 5.32. The van der Waals surface area contributed by atoms with Gasteiger partial charge in [-0.25, -0.2) is 9.97 Å². The molecular weight excluding hydrogens is 189 g/mol. The Balaban J connectivity index is 0.000001000. The van der Waals surface area contributed by atoms with E-state index >= 15 is 0 Å². The summed E-state index contributed by atoms with van der Waals surface area (Å²) < 4.78 is 0. The highest BCUT2D eigenvalue weighted by atomic mass is 35.5. The zero-order valence-corrected chi connectivity index (χ0v) is 6.89. The third-order valence-corrected chi connectivity index (χ3v) is 1.06. The van der Waals surface area contributed by atoms with E-state index in [9.17, 15) is 4.79 Å². The molecule has 1 rings (SSSR count). The van der Waals surface area contributed by atoms with Crippen molar-refractivity contribution in [2.75, 3.05) is 0 Å². The van der Waals surface area contributed by atoms with Gasteiger partial charge in [0, 0.05) is 6.20 Å². The Labute approximate surface area is 74.2 Å². The van der Waals surface area contributed by atoms with E-state index in [1.165, 1.54) is 12.3 Å². The molecule has 0 unspecified atom stereocenters. The van der Waals surface area contributed by atoms with Crippen molar-refractivity contribution in [3.63, 3.8) is 0 Å². The molecule has 1 heterocycles. The van der Waals surface area contributed by atoms with Crippen LogP contribution in [0.3, 0.4) is 0 Å². The Kier molecular flexibility index (Phi) is 3.78. The lowest BCUT2D eigenvalue weighted by molar-refractivity contribution is 0.0995. The van der Waals surface area contributed by atoms with Crippen molar-refractivity contribution >= 4 is 29.9 Å². The van der Waals surface area contributed by atoms with Crippen LogP contribution in [0, 0.1) is 0 Å². The van der Waals surface area contributed by atoms with Crippen molar-refractivity contribution in [2.24, 2.45) is 5.73 Å². The molecule has 0 radical (unpaired) electrons. The summed E-state index contributed by atoms with van der Waals surface area (Å²) in [6, 6.07) is 1.40. The highest BCUT2D eigenvalue weighted by Crippen LogP contribution is 1.98. The number of nitrogens with zero attached hydrogens (tertiary/aromatic N) is 2. The molecule has 60 valence electrons. The first-order valence-electron chi connectivity index (χ1n) is 2.48. The standard InChI is InChI=1S/C5H4ClN3O.ClH/c6-5-8-2-1-3(9-5)4(7)10;/h1-2H,(H2,7,10);1H. The maximum Gasteiger partial charge on any atom is 0.267 e. The summed E-state index contributed by atoms with van der Waals surface area (Å²) in [5.74, 6) is -0.607. The summed E-state index contributed by atoms with van der Waals surface area (Å²) in [5, 5.41) is 0.0244. The van der Waals surface area contributed by atoms with Gasteiger partial charge in [-0.1, -0.05) is 0 Å². The molecule has 0 bridgehead atoms. The Morgan fingerprint density at radius 2 is 2.27 bits per heavy atom. The van der Waals surface area contributed by atoms with Gasteiger partial charge >= 0.3 is 0 Å². The zero-order chi connectivity index (χ0) is 7.56. The van der Waals surface area contributed by atoms with Gasteiger partial charge in [0.1, 0.15) is 5.69 Å². The van der Waals surface area contributed by atoms with Gasteiger partial charge in [-0.3, -0.25) is 4.79 Å². The molecule has 1 amide bonds. The Hall–Kier alpha value is -0.870. The summed E-state index contributed by atoms with van der Waals surface area (Å²) in [6.45, 7) is 0. The van der Waals surface area contributed by atoms with Crippen LogP contribution in [0.15, 0.2) is 12.3 Å². The highest BCUT2D eigenvalue weighted by molar-refractivity contribution is 6.28. The first-order valence-corrected chi connectivity index (χ1v) is 2.86. The number of primary amides is 1. The van der Waals surface area contributed by atoms with Gasteiger partial charge in [-0.15, -0.1) is 12.4 Å². The fourth-order valence-corrected chi connectivity index (χ4v) is 0.620. The molecule has 6 heteroatoms. The lowest BCUT2D eigenvalue weighted by Crippen LogP contribution is -2.12. The van der Waals surface area contributed by atoms with Gasteiger partial charge in [0.2, 0.25) is 5.28 Å². The molecule has 0 aliphatic heterocycles. The minimum Gasteiger partial charge on any atom is -0.364 e. The second kappa shape index (κ2) is 4.10. The average molecular weight is 194 g/mol. The predicted molar refractivity (Wildman–Crippen MR) is 42.8 cm³/mol. The summed E-state index contributed by atoms with van der Waals surface area (Å²) >= 11 is 5.36. The van der Waals surface area contributed by atoms with Gasteiger partial charge < -0.3 is 5.73 Å². The number of hydrogen-bond donors (Lipinski definition) is 1. The number of carbonyl (C=O) groups is 1. The summed E-state index contributed by atoms with van der Waals surface area (Å²) in [6.07, 6.45) is 1.37. The van der Waals surface area contributed by atoms with E-state index in [-0.39, 0.29) is 23.4 Å². The van der Waals surface area contributed by atoms with E-state index in [0.717, 1.165) is 0 Å². The molecule has 0 aromatic carbocycles. The Morgan fingerprint density at radius 1 is 1.64 bits per heavy atom. The molecule has 0 saturated carbocycles. The maximum absolute atomic E-state index is 10.4. The molecule has 2 N–H and O–H groups in total. The van der Waals surface area contributed by atoms with Gasteiger partial charge in [0.15, 0.2) is 0 Å².